The number of hydrogen-bond acceptors (Lipinski definition) is 6. The minimum Gasteiger partial charge on any atom is -0.462 e. The number of hydrogen-bond donors (Lipinski definition) is 0. The molecule has 2 aliphatic rings. The van der Waals surface area contributed by atoms with Crippen LogP contribution < -0.4 is 0 Å². The summed E-state index contributed by atoms with van der Waals surface area (Å²) in [6.07, 6.45) is 6.31. The van der Waals surface area contributed by atoms with E-state index in [2.05, 4.69) is 15.2 Å². The lowest BCUT2D eigenvalue weighted by Gasteiger charge is -2.33. The fraction of sp³-hybridized carbons (Fsp3) is 0.455. The Morgan fingerprint density at radius 2 is 1.93 bits per heavy atom. The molecule has 0 saturated heterocycles. The van der Waals surface area contributed by atoms with E-state index in [0.29, 0.717) is 38.5 Å². The van der Waals surface area contributed by atoms with Crippen molar-refractivity contribution in [2.75, 3.05) is 0 Å². The van der Waals surface area contributed by atoms with Crippen LogP contribution in [0.5, 0.6) is 0 Å². The highest BCUT2D eigenvalue weighted by molar-refractivity contribution is 6.42. The Balaban J connectivity index is 1.80. The van der Waals surface area contributed by atoms with Crippen LogP contribution in [0.1, 0.15) is 63.3 Å². The topological polar surface area (TPSA) is 77.6 Å². The molecule has 1 fully saturated rings. The van der Waals surface area contributed by atoms with Crippen molar-refractivity contribution >= 4 is 40.5 Å². The zero-order valence-corrected chi connectivity index (χ0v) is 18.4. The van der Waals surface area contributed by atoms with Crippen LogP contribution in [0.3, 0.4) is 0 Å². The Bertz CT molecular complexity index is 995. The van der Waals surface area contributed by atoms with Crippen molar-refractivity contribution in [2.45, 2.75) is 58.0 Å². The number of esters is 1. The largest absolute Gasteiger partial charge is 0.462 e. The number of nitrogens with zero attached hydrogens (tertiary/aromatic N) is 3. The quantitative estimate of drug-likeness (QED) is 0.548. The molecule has 2 heterocycles. The Kier molecular flexibility index (Phi) is 6.25. The van der Waals surface area contributed by atoms with Gasteiger partial charge in [0.1, 0.15) is 12.0 Å². The zero-order valence-electron chi connectivity index (χ0n) is 16.9. The van der Waals surface area contributed by atoms with Crippen LogP contribution >= 0.6 is 23.2 Å². The molecule has 0 amide bonds. The number of halogens is 2. The smallest absolute Gasteiger partial charge is 0.315 e. The monoisotopic (exact) mass is 447 g/mol. The number of allylic oxidation sites excluding steroid dienone is 2. The van der Waals surface area contributed by atoms with E-state index in [-0.39, 0.29) is 12.1 Å². The maximum Gasteiger partial charge on any atom is 0.315 e. The van der Waals surface area contributed by atoms with E-state index in [9.17, 15) is 4.79 Å². The highest BCUT2D eigenvalue weighted by atomic mass is 35.5. The van der Waals surface area contributed by atoms with Crippen LogP contribution in [0.2, 0.25) is 10.0 Å². The lowest BCUT2D eigenvalue weighted by molar-refractivity contribution is -0.153. The summed E-state index contributed by atoms with van der Waals surface area (Å²) in [5.41, 5.74) is 2.72. The molecule has 2 aromatic rings. The SMILES string of the molecule is CC1=NC(C)=C(c2nnco2)C(c2cccc(Cl)c2Cl)C1C(=O)OC1CCCCC1. The summed E-state index contributed by atoms with van der Waals surface area (Å²) in [5.74, 6) is -1.16. The molecular formula is C22H23Cl2N3O3. The normalized spacial score (nSPS) is 22.7. The van der Waals surface area contributed by atoms with Crippen molar-refractivity contribution < 1.29 is 13.9 Å². The van der Waals surface area contributed by atoms with E-state index < -0.39 is 11.8 Å². The number of rotatable bonds is 4. The first-order valence-corrected chi connectivity index (χ1v) is 10.9. The summed E-state index contributed by atoms with van der Waals surface area (Å²) in [4.78, 5) is 18.0. The average Bonchev–Trinajstić information content (AvgIpc) is 3.24. The van der Waals surface area contributed by atoms with Gasteiger partial charge in [-0.05, 0) is 51.2 Å². The first-order valence-electron chi connectivity index (χ1n) is 10.1. The van der Waals surface area contributed by atoms with Crippen molar-refractivity contribution in [2.24, 2.45) is 10.9 Å². The Labute approximate surface area is 185 Å². The maximum atomic E-state index is 13.4. The van der Waals surface area contributed by atoms with Crippen molar-refractivity contribution in [3.8, 4) is 0 Å². The number of carbonyl (C=O) groups excluding carboxylic acids is 1. The van der Waals surface area contributed by atoms with Gasteiger partial charge in [-0.3, -0.25) is 9.79 Å². The highest BCUT2D eigenvalue weighted by Gasteiger charge is 2.43. The van der Waals surface area contributed by atoms with E-state index in [1.54, 1.807) is 6.07 Å². The number of benzene rings is 1. The summed E-state index contributed by atoms with van der Waals surface area (Å²) >= 11 is 12.9. The second-order valence-electron chi connectivity index (χ2n) is 7.79. The molecule has 2 atom stereocenters. The summed E-state index contributed by atoms with van der Waals surface area (Å²) in [7, 11) is 0. The van der Waals surface area contributed by atoms with Gasteiger partial charge in [0.05, 0.1) is 10.0 Å². The van der Waals surface area contributed by atoms with Crippen LogP contribution in [-0.2, 0) is 9.53 Å². The third kappa shape index (κ3) is 4.03. The molecule has 158 valence electrons. The molecule has 1 aliphatic carbocycles. The standard InChI is InChI=1S/C22H23Cl2N3O3/c1-12-17(21-27-25-11-29-21)19(15-9-6-10-16(23)20(15)24)18(13(2)26-12)22(28)30-14-7-4-3-5-8-14/h6,9-11,14,18-19H,3-5,7-8H2,1-2H3. The van der Waals surface area contributed by atoms with Gasteiger partial charge in [-0.15, -0.1) is 10.2 Å². The molecule has 30 heavy (non-hydrogen) atoms. The molecular weight excluding hydrogens is 425 g/mol. The maximum absolute atomic E-state index is 13.4. The van der Waals surface area contributed by atoms with Gasteiger partial charge in [-0.25, -0.2) is 0 Å². The molecule has 1 aromatic heterocycles. The Hall–Kier alpha value is -2.18. The van der Waals surface area contributed by atoms with Crippen molar-refractivity contribution in [1.29, 1.82) is 0 Å². The van der Waals surface area contributed by atoms with Gasteiger partial charge in [0.25, 0.3) is 0 Å². The first-order chi connectivity index (χ1) is 14.5. The van der Waals surface area contributed by atoms with Gasteiger partial charge in [0.2, 0.25) is 12.3 Å². The number of aliphatic imine (C=N–C) groups is 1. The van der Waals surface area contributed by atoms with Crippen molar-refractivity contribution in [1.82, 2.24) is 10.2 Å². The van der Waals surface area contributed by atoms with E-state index in [4.69, 9.17) is 32.4 Å². The predicted molar refractivity (Wildman–Crippen MR) is 116 cm³/mol. The second kappa shape index (κ2) is 8.90. The summed E-state index contributed by atoms with van der Waals surface area (Å²) in [6, 6.07) is 5.40. The summed E-state index contributed by atoms with van der Waals surface area (Å²) in [5, 5.41) is 8.69. The highest BCUT2D eigenvalue weighted by Crippen LogP contribution is 2.47. The number of carbonyl (C=O) groups is 1. The molecule has 4 rings (SSSR count). The lowest BCUT2D eigenvalue weighted by atomic mass is 9.75. The molecule has 0 radical (unpaired) electrons. The molecule has 1 saturated carbocycles. The minimum atomic E-state index is -0.659. The molecule has 0 spiro atoms. The second-order valence-corrected chi connectivity index (χ2v) is 8.58. The van der Waals surface area contributed by atoms with Crippen LogP contribution in [0, 0.1) is 5.92 Å². The van der Waals surface area contributed by atoms with E-state index in [0.717, 1.165) is 25.7 Å². The van der Waals surface area contributed by atoms with E-state index >= 15 is 0 Å². The molecule has 1 aliphatic heterocycles. The lowest BCUT2D eigenvalue weighted by Crippen LogP contribution is -2.36. The third-order valence-electron chi connectivity index (χ3n) is 5.82. The molecule has 6 nitrogen and oxygen atoms in total. The zero-order chi connectivity index (χ0) is 21.3. The van der Waals surface area contributed by atoms with E-state index in [1.165, 1.54) is 12.8 Å². The number of aromatic nitrogens is 2. The number of ether oxygens (including phenoxy) is 1. The Morgan fingerprint density at radius 3 is 2.63 bits per heavy atom. The first kappa shape index (κ1) is 21.1. The molecule has 0 bridgehead atoms. The van der Waals surface area contributed by atoms with Gasteiger partial charge >= 0.3 is 5.97 Å². The van der Waals surface area contributed by atoms with Gasteiger partial charge < -0.3 is 9.15 Å². The van der Waals surface area contributed by atoms with Crippen LogP contribution in [0.4, 0.5) is 0 Å². The van der Waals surface area contributed by atoms with Crippen LogP contribution in [0.15, 0.2) is 39.7 Å². The van der Waals surface area contributed by atoms with Gasteiger partial charge in [-0.2, -0.15) is 0 Å². The summed E-state index contributed by atoms with van der Waals surface area (Å²) in [6.45, 7) is 3.70. The molecule has 2 unspecified atom stereocenters. The molecule has 8 heteroatoms. The van der Waals surface area contributed by atoms with Gasteiger partial charge in [0, 0.05) is 22.9 Å². The van der Waals surface area contributed by atoms with Gasteiger partial charge in [-0.1, -0.05) is 41.8 Å². The third-order valence-corrected chi connectivity index (χ3v) is 6.66. The van der Waals surface area contributed by atoms with Gasteiger partial charge in [0.15, 0.2) is 0 Å². The average molecular weight is 448 g/mol. The van der Waals surface area contributed by atoms with Crippen LogP contribution in [0.25, 0.3) is 5.57 Å². The van der Waals surface area contributed by atoms with Crippen molar-refractivity contribution in [3.63, 3.8) is 0 Å². The summed E-state index contributed by atoms with van der Waals surface area (Å²) < 4.78 is 11.4. The fourth-order valence-electron chi connectivity index (χ4n) is 4.43. The van der Waals surface area contributed by atoms with E-state index in [1.807, 2.05) is 26.0 Å². The molecule has 1 aromatic carbocycles. The Morgan fingerprint density at radius 1 is 1.17 bits per heavy atom. The molecule has 0 N–H and O–H groups in total. The van der Waals surface area contributed by atoms with Crippen molar-refractivity contribution in [3.05, 3.63) is 51.8 Å². The van der Waals surface area contributed by atoms with Crippen LogP contribution in [-0.4, -0.2) is 28.0 Å². The predicted octanol–water partition coefficient (Wildman–Crippen LogP) is 5.86. The fourth-order valence-corrected chi connectivity index (χ4v) is 4.85. The minimum absolute atomic E-state index is 0.0617.